The van der Waals surface area contributed by atoms with Crippen LogP contribution in [0.5, 0.6) is 0 Å². The molecule has 5 heteroatoms. The van der Waals surface area contributed by atoms with Crippen molar-refractivity contribution < 1.29 is 13.8 Å². The Labute approximate surface area is 151 Å². The van der Waals surface area contributed by atoms with E-state index in [0.717, 1.165) is 11.1 Å². The third-order valence-corrected chi connectivity index (χ3v) is 4.51. The zero-order valence-electron chi connectivity index (χ0n) is 15.0. The first-order valence-corrected chi connectivity index (χ1v) is 9.75. The van der Waals surface area contributed by atoms with Crippen molar-refractivity contribution in [1.82, 2.24) is 0 Å². The van der Waals surface area contributed by atoms with Crippen LogP contribution in [0.2, 0.25) is 0 Å². The summed E-state index contributed by atoms with van der Waals surface area (Å²) in [4.78, 5) is 24.5. The third kappa shape index (κ3) is 5.36. The second-order valence-electron chi connectivity index (χ2n) is 7.03. The van der Waals surface area contributed by atoms with E-state index in [0.29, 0.717) is 17.0 Å². The number of benzene rings is 2. The molecule has 0 saturated heterocycles. The normalized spacial score (nSPS) is 12.5. The molecule has 0 bridgehead atoms. The molecule has 0 radical (unpaired) electrons. The molecule has 1 atom stereocenters. The van der Waals surface area contributed by atoms with Gasteiger partial charge in [0.1, 0.15) is 0 Å². The summed E-state index contributed by atoms with van der Waals surface area (Å²) in [6, 6.07) is 14.1. The number of hydrogen-bond donors (Lipinski definition) is 1. The Morgan fingerprint density at radius 2 is 1.68 bits per heavy atom. The SMILES string of the molecule is CS(=O)Cc1cccc(NC(=O)C(=O)c2ccc(C(C)(C)C)cc2)c1. The minimum atomic E-state index is -0.965. The maximum Gasteiger partial charge on any atom is 0.296 e. The van der Waals surface area contributed by atoms with Gasteiger partial charge in [-0.1, -0.05) is 57.2 Å². The maximum absolute atomic E-state index is 12.3. The minimum Gasteiger partial charge on any atom is -0.319 e. The van der Waals surface area contributed by atoms with Gasteiger partial charge >= 0.3 is 0 Å². The van der Waals surface area contributed by atoms with Crippen molar-refractivity contribution in [3.63, 3.8) is 0 Å². The van der Waals surface area contributed by atoms with Crippen LogP contribution in [0.25, 0.3) is 0 Å². The van der Waals surface area contributed by atoms with E-state index in [1.54, 1.807) is 36.6 Å². The van der Waals surface area contributed by atoms with Gasteiger partial charge in [-0.15, -0.1) is 0 Å². The van der Waals surface area contributed by atoms with Gasteiger partial charge in [0, 0.05) is 34.1 Å². The lowest BCUT2D eigenvalue weighted by Crippen LogP contribution is -2.23. The first kappa shape index (κ1) is 19.1. The van der Waals surface area contributed by atoms with Gasteiger partial charge in [-0.05, 0) is 28.7 Å². The highest BCUT2D eigenvalue weighted by molar-refractivity contribution is 7.83. The van der Waals surface area contributed by atoms with Crippen LogP contribution in [0, 0.1) is 0 Å². The molecule has 0 heterocycles. The van der Waals surface area contributed by atoms with Crippen LogP contribution in [-0.2, 0) is 26.8 Å². The molecule has 1 N–H and O–H groups in total. The lowest BCUT2D eigenvalue weighted by atomic mass is 9.86. The van der Waals surface area contributed by atoms with Gasteiger partial charge < -0.3 is 5.32 Å². The molecule has 4 nitrogen and oxygen atoms in total. The van der Waals surface area contributed by atoms with Gasteiger partial charge in [0.25, 0.3) is 11.7 Å². The molecule has 0 spiro atoms. The molecular formula is C20H23NO3S. The predicted octanol–water partition coefficient (Wildman–Crippen LogP) is 3.68. The predicted molar refractivity (Wildman–Crippen MR) is 102 cm³/mol. The summed E-state index contributed by atoms with van der Waals surface area (Å²) in [6.07, 6.45) is 1.62. The van der Waals surface area contributed by atoms with E-state index < -0.39 is 22.5 Å². The third-order valence-electron chi connectivity index (χ3n) is 3.77. The standard InChI is InChI=1S/C20H23NO3S/c1-20(2,3)16-10-8-15(9-11-16)18(22)19(23)21-17-7-5-6-14(12-17)13-25(4)24/h5-12H,13H2,1-4H3,(H,21,23). The molecule has 1 amide bonds. The van der Waals surface area contributed by atoms with Crippen molar-refractivity contribution in [3.8, 4) is 0 Å². The molecule has 2 aromatic carbocycles. The lowest BCUT2D eigenvalue weighted by Gasteiger charge is -2.18. The number of nitrogens with one attached hydrogen (secondary N) is 1. The highest BCUT2D eigenvalue weighted by Crippen LogP contribution is 2.22. The molecule has 132 valence electrons. The van der Waals surface area contributed by atoms with Gasteiger partial charge in [-0.2, -0.15) is 0 Å². The van der Waals surface area contributed by atoms with Gasteiger partial charge in [0.05, 0.1) is 0 Å². The molecule has 0 aliphatic carbocycles. The van der Waals surface area contributed by atoms with E-state index in [1.165, 1.54) is 0 Å². The average molecular weight is 357 g/mol. The summed E-state index contributed by atoms with van der Waals surface area (Å²) >= 11 is 0. The zero-order chi connectivity index (χ0) is 18.6. The molecular weight excluding hydrogens is 334 g/mol. The number of Topliss-reactive ketones (excluding diaryl/α,β-unsaturated/α-hetero) is 1. The van der Waals surface area contributed by atoms with Gasteiger partial charge in [-0.3, -0.25) is 13.8 Å². The van der Waals surface area contributed by atoms with E-state index >= 15 is 0 Å². The van der Waals surface area contributed by atoms with E-state index in [-0.39, 0.29) is 5.41 Å². The van der Waals surface area contributed by atoms with Crippen molar-refractivity contribution in [2.45, 2.75) is 31.9 Å². The summed E-state index contributed by atoms with van der Waals surface area (Å²) in [5.74, 6) is -0.852. The smallest absolute Gasteiger partial charge is 0.296 e. The molecule has 2 rings (SSSR count). The maximum atomic E-state index is 12.3. The molecule has 0 aliphatic rings. The summed E-state index contributed by atoms with van der Waals surface area (Å²) in [5, 5.41) is 2.61. The van der Waals surface area contributed by atoms with Crippen LogP contribution in [0.1, 0.15) is 42.3 Å². The summed E-state index contributed by atoms with van der Waals surface area (Å²) in [7, 11) is -0.965. The summed E-state index contributed by atoms with van der Waals surface area (Å²) < 4.78 is 11.3. The van der Waals surface area contributed by atoms with Crippen LogP contribution < -0.4 is 5.32 Å². The molecule has 2 aromatic rings. The van der Waals surface area contributed by atoms with Crippen molar-refractivity contribution in [2.75, 3.05) is 11.6 Å². The number of anilines is 1. The number of hydrogen-bond acceptors (Lipinski definition) is 3. The zero-order valence-corrected chi connectivity index (χ0v) is 15.8. The number of carbonyl (C=O) groups is 2. The number of amides is 1. The Hall–Kier alpha value is -2.27. The van der Waals surface area contributed by atoms with Crippen molar-refractivity contribution in [3.05, 3.63) is 65.2 Å². The first-order chi connectivity index (χ1) is 11.7. The molecule has 0 saturated carbocycles. The second-order valence-corrected chi connectivity index (χ2v) is 8.46. The highest BCUT2D eigenvalue weighted by atomic mass is 32.2. The van der Waals surface area contributed by atoms with Crippen LogP contribution in [0.15, 0.2) is 48.5 Å². The number of carbonyl (C=O) groups excluding carboxylic acids is 2. The molecule has 0 aliphatic heterocycles. The van der Waals surface area contributed by atoms with Crippen LogP contribution >= 0.6 is 0 Å². The minimum absolute atomic E-state index is 0.0103. The lowest BCUT2D eigenvalue weighted by molar-refractivity contribution is -0.112. The van der Waals surface area contributed by atoms with Gasteiger partial charge in [0.2, 0.25) is 0 Å². The topological polar surface area (TPSA) is 63.2 Å². The van der Waals surface area contributed by atoms with Crippen molar-refractivity contribution >= 4 is 28.2 Å². The molecule has 0 aromatic heterocycles. The van der Waals surface area contributed by atoms with E-state index in [1.807, 2.05) is 18.2 Å². The summed E-state index contributed by atoms with van der Waals surface area (Å²) in [6.45, 7) is 6.27. The first-order valence-electron chi connectivity index (χ1n) is 8.02. The Morgan fingerprint density at radius 3 is 2.24 bits per heavy atom. The van der Waals surface area contributed by atoms with E-state index in [2.05, 4.69) is 26.1 Å². The summed E-state index contributed by atoms with van der Waals surface area (Å²) in [5.41, 5.74) is 2.82. The van der Waals surface area contributed by atoms with Gasteiger partial charge in [-0.25, -0.2) is 0 Å². The fourth-order valence-electron chi connectivity index (χ4n) is 2.41. The van der Waals surface area contributed by atoms with Crippen molar-refractivity contribution in [2.24, 2.45) is 0 Å². The number of ketones is 1. The highest BCUT2D eigenvalue weighted by Gasteiger charge is 2.18. The van der Waals surface area contributed by atoms with E-state index in [4.69, 9.17) is 0 Å². The average Bonchev–Trinajstić information content (AvgIpc) is 2.53. The van der Waals surface area contributed by atoms with Crippen LogP contribution in [0.4, 0.5) is 5.69 Å². The number of rotatable bonds is 5. The Bertz CT molecular complexity index is 804. The Balaban J connectivity index is 2.10. The fraction of sp³-hybridized carbons (Fsp3) is 0.300. The molecule has 25 heavy (non-hydrogen) atoms. The van der Waals surface area contributed by atoms with E-state index in [9.17, 15) is 13.8 Å². The fourth-order valence-corrected chi connectivity index (χ4v) is 3.06. The van der Waals surface area contributed by atoms with Crippen molar-refractivity contribution in [1.29, 1.82) is 0 Å². The van der Waals surface area contributed by atoms with Gasteiger partial charge in [0.15, 0.2) is 0 Å². The van der Waals surface area contributed by atoms with Crippen LogP contribution in [-0.4, -0.2) is 22.2 Å². The second kappa shape index (κ2) is 7.74. The Morgan fingerprint density at radius 1 is 1.04 bits per heavy atom. The molecule has 1 unspecified atom stereocenters. The monoisotopic (exact) mass is 357 g/mol. The Kier molecular flexibility index (Phi) is 5.90. The largest absolute Gasteiger partial charge is 0.319 e. The quantitative estimate of drug-likeness (QED) is 0.656. The molecule has 0 fully saturated rings. The van der Waals surface area contributed by atoms with Crippen LogP contribution in [0.3, 0.4) is 0 Å².